The molecule has 450 valence electrons. The third-order valence-corrected chi connectivity index (χ3v) is 16.3. The van der Waals surface area contributed by atoms with Gasteiger partial charge in [0.1, 0.15) is 35.2 Å². The van der Waals surface area contributed by atoms with Crippen LogP contribution in [0.15, 0.2) is 207 Å². The van der Waals surface area contributed by atoms with Crippen LogP contribution in [0.1, 0.15) is 161 Å². The van der Waals surface area contributed by atoms with Crippen molar-refractivity contribution in [2.45, 2.75) is 140 Å². The molecule has 1 aliphatic rings. The Balaban J connectivity index is 0.000000181. The molecular weight excluding hydrogens is 1050 g/mol. The summed E-state index contributed by atoms with van der Waals surface area (Å²) in [6, 6.07) is 56.7. The quantitative estimate of drug-likeness (QED) is 0.122. The summed E-state index contributed by atoms with van der Waals surface area (Å²) in [6.07, 6.45) is 14.8. The molecule has 0 radical (unpaired) electrons. The number of pyridine rings is 5. The normalized spacial score (nSPS) is 16.8. The number of aryl methyl sites for hydroxylation is 13. The lowest BCUT2D eigenvalue weighted by molar-refractivity contribution is -0.660. The fourth-order valence-corrected chi connectivity index (χ4v) is 11.5. The predicted octanol–water partition coefficient (Wildman–Crippen LogP) is 18.0. The Hall–Kier alpha value is -8.15. The third kappa shape index (κ3) is 18.2. The van der Waals surface area contributed by atoms with E-state index in [9.17, 15) is 0 Å². The third-order valence-electron chi connectivity index (χ3n) is 16.3. The van der Waals surface area contributed by atoms with Gasteiger partial charge in [0, 0.05) is 110 Å². The summed E-state index contributed by atoms with van der Waals surface area (Å²) in [4.78, 5) is 0. The van der Waals surface area contributed by atoms with Crippen molar-refractivity contribution in [3.05, 3.63) is 268 Å². The van der Waals surface area contributed by atoms with Crippen LogP contribution in [0.25, 0.3) is 56.3 Å². The molecule has 0 spiro atoms. The lowest BCUT2D eigenvalue weighted by atomic mass is 9.81. The zero-order valence-corrected chi connectivity index (χ0v) is 53.7. The van der Waals surface area contributed by atoms with E-state index in [-0.39, 0.29) is 12.0 Å². The highest BCUT2D eigenvalue weighted by Gasteiger charge is 2.21. The number of rotatable bonds is 10. The SMILES string of the molecule is Cc1cc(C2CCCCC2)c(C)cc1-c1cccc[n+]1C.[2H]C([2H])([2H])C([2H])(C)C([2H])([2H])c1ccc(-c2cccc[n+]2C)c(C)c1.[2H]C([2H])([2H])C([2H])(C)c1ccc(-c2cccc[n+]2C)c(C)c1.[2H]C([2H])([2H])Cc1ccc(-c2cccc[n+]2C)c(C)c1.[2H]C([2H])([2H])c1ccc(-c2cccc[n+]2C)c(C)c1. The Labute approximate surface area is 547 Å². The molecule has 2 atom stereocenters. The van der Waals surface area contributed by atoms with Crippen LogP contribution >= 0.6 is 0 Å². The van der Waals surface area contributed by atoms with Crippen molar-refractivity contribution < 1.29 is 44.8 Å². The van der Waals surface area contributed by atoms with Gasteiger partial charge in [-0.15, -0.1) is 0 Å². The smallest absolute Gasteiger partial charge is 0.201 e. The summed E-state index contributed by atoms with van der Waals surface area (Å²) in [5.74, 6) is -3.06. The second kappa shape index (κ2) is 32.0. The fourth-order valence-electron chi connectivity index (χ4n) is 11.5. The molecule has 5 aromatic heterocycles. The molecule has 5 aromatic carbocycles. The molecule has 1 aliphatic carbocycles. The lowest BCUT2D eigenvalue weighted by Gasteiger charge is -2.24. The van der Waals surface area contributed by atoms with E-state index in [1.165, 1.54) is 61.4 Å². The van der Waals surface area contributed by atoms with E-state index >= 15 is 0 Å². The Kier molecular flexibility index (Phi) is 17.3. The first-order chi connectivity index (χ1) is 48.0. The summed E-state index contributed by atoms with van der Waals surface area (Å²) < 4.78 is 132. The average Bonchev–Trinajstić information content (AvgIpc) is 0.753. The first-order valence-electron chi connectivity index (χ1n) is 38.3. The molecule has 5 heterocycles. The first kappa shape index (κ1) is 47.0. The van der Waals surface area contributed by atoms with Crippen molar-refractivity contribution in [2.24, 2.45) is 41.1 Å². The van der Waals surface area contributed by atoms with Crippen LogP contribution in [-0.2, 0) is 48.0 Å². The Morgan fingerprint density at radius 1 is 0.425 bits per heavy atom. The monoisotopic (exact) mass is 1170 g/mol. The molecule has 11 rings (SSSR count). The highest BCUT2D eigenvalue weighted by atomic mass is 14.9. The number of hydrogen-bond acceptors (Lipinski definition) is 0. The van der Waals surface area contributed by atoms with Gasteiger partial charge in [0.25, 0.3) is 0 Å². The van der Waals surface area contributed by atoms with E-state index in [1.54, 1.807) is 42.0 Å². The van der Waals surface area contributed by atoms with Crippen LogP contribution in [0.2, 0.25) is 0 Å². The first-order valence-corrected chi connectivity index (χ1v) is 30.3. The minimum Gasteiger partial charge on any atom is -0.201 e. The van der Waals surface area contributed by atoms with E-state index in [0.717, 1.165) is 85.7 Å². The maximum absolute atomic E-state index is 8.25. The van der Waals surface area contributed by atoms with E-state index in [4.69, 9.17) is 21.9 Å². The van der Waals surface area contributed by atoms with Crippen molar-refractivity contribution in [3.8, 4) is 56.3 Å². The second-order valence-electron chi connectivity index (χ2n) is 23.1. The van der Waals surface area contributed by atoms with Gasteiger partial charge in [-0.2, -0.15) is 0 Å². The molecule has 1 fully saturated rings. The van der Waals surface area contributed by atoms with Crippen molar-refractivity contribution in [1.82, 2.24) is 0 Å². The van der Waals surface area contributed by atoms with E-state index in [1.807, 2.05) is 198 Å². The molecule has 0 aliphatic heterocycles. The van der Waals surface area contributed by atoms with Crippen LogP contribution in [0, 0.1) is 54.3 Å². The van der Waals surface area contributed by atoms with Crippen LogP contribution in [-0.4, -0.2) is 0 Å². The number of benzene rings is 5. The van der Waals surface area contributed by atoms with Gasteiger partial charge in [-0.25, -0.2) is 22.8 Å². The molecule has 0 bridgehead atoms. The minimum atomic E-state index is -2.73. The summed E-state index contributed by atoms with van der Waals surface area (Å²) in [5.41, 5.74) is 21.4. The standard InChI is InChI=1S/C20H26N.C17H22N.C16H20N.C15H18N.C14H16N/c1-15-14-19(20-11-7-8-12-21(20)3)16(2)13-18(15)17-9-5-4-6-10-17;1-13(2)11-15-8-9-16(14(3)12-15)17-7-5-6-10-18(17)4;1-12(2)14-8-9-15(13(3)11-14)16-7-5-6-10-17(16)4;1-4-13-8-9-14(12(2)11-13)15-7-5-6-10-16(15)3;1-11-7-8-13(12(2)10-11)14-6-4-5-9-15(14)3/h7-8,11-14,17H,4-6,9-10H2,1-3H3;5-10,12-13H,11H2,1-4H3;5-12H,1-4H3;5-11H,4H2,1-3H3;4-10H,1-3H3/q5*+1/i;1D3,11D2,13D;1D3,12D;2*1D3. The molecule has 5 nitrogen and oxygen atoms in total. The number of aromatic nitrogens is 5. The van der Waals surface area contributed by atoms with E-state index < -0.39 is 45.6 Å². The van der Waals surface area contributed by atoms with Gasteiger partial charge in [0.2, 0.25) is 28.5 Å². The summed E-state index contributed by atoms with van der Waals surface area (Å²) >= 11 is 0. The maximum Gasteiger partial charge on any atom is 0.212 e. The highest BCUT2D eigenvalue weighted by Crippen LogP contribution is 2.37. The molecule has 5 heteroatoms. The predicted molar refractivity (Wildman–Crippen MR) is 366 cm³/mol. The van der Waals surface area contributed by atoms with Crippen LogP contribution in [0.5, 0.6) is 0 Å². The van der Waals surface area contributed by atoms with E-state index in [0.29, 0.717) is 11.1 Å². The topological polar surface area (TPSA) is 19.4 Å². The molecule has 0 saturated heterocycles. The minimum absolute atomic E-state index is 0.120. The number of hydrogen-bond donors (Lipinski definition) is 0. The maximum atomic E-state index is 8.25. The Bertz CT molecular complexity index is 4540. The van der Waals surface area contributed by atoms with Gasteiger partial charge in [0.05, 0.1) is 0 Å². The molecular formula is C82H102N5+5. The van der Waals surface area contributed by atoms with Gasteiger partial charge in [0.15, 0.2) is 31.0 Å². The van der Waals surface area contributed by atoms with Crippen molar-refractivity contribution in [3.63, 3.8) is 0 Å². The molecule has 0 N–H and O–H groups in total. The fraction of sp³-hybridized carbons (Fsp3) is 0.329. The highest BCUT2D eigenvalue weighted by molar-refractivity contribution is 5.65. The van der Waals surface area contributed by atoms with Crippen molar-refractivity contribution in [1.29, 1.82) is 0 Å². The van der Waals surface area contributed by atoms with Crippen molar-refractivity contribution >= 4 is 0 Å². The average molecular weight is 1170 g/mol. The summed E-state index contributed by atoms with van der Waals surface area (Å²) in [7, 11) is 10.0. The summed E-state index contributed by atoms with van der Waals surface area (Å²) in [5, 5.41) is 0. The Morgan fingerprint density at radius 2 is 0.839 bits per heavy atom. The molecule has 1 saturated carbocycles. The van der Waals surface area contributed by atoms with Gasteiger partial charge < -0.3 is 0 Å². The Morgan fingerprint density at radius 3 is 1.25 bits per heavy atom. The van der Waals surface area contributed by atoms with Crippen molar-refractivity contribution in [2.75, 3.05) is 0 Å². The van der Waals surface area contributed by atoms with Gasteiger partial charge >= 0.3 is 0 Å². The molecule has 0 amide bonds. The molecule has 87 heavy (non-hydrogen) atoms. The summed E-state index contributed by atoms with van der Waals surface area (Å²) in [6.45, 7) is 5.85. The van der Waals surface area contributed by atoms with E-state index in [2.05, 4.69) is 72.6 Å². The molecule has 10 aromatic rings. The van der Waals surface area contributed by atoms with Gasteiger partial charge in [-0.3, -0.25) is 0 Å². The second-order valence-corrected chi connectivity index (χ2v) is 23.1. The van der Waals surface area contributed by atoms with Gasteiger partial charge in [-0.1, -0.05) is 114 Å². The van der Waals surface area contributed by atoms with Crippen LogP contribution in [0.3, 0.4) is 0 Å². The zero-order valence-electron chi connectivity index (χ0n) is 69.7. The van der Waals surface area contributed by atoms with Crippen LogP contribution in [0.4, 0.5) is 0 Å². The number of nitrogens with zero attached hydrogens (tertiary/aromatic N) is 5. The van der Waals surface area contributed by atoms with Crippen LogP contribution < -0.4 is 22.8 Å². The van der Waals surface area contributed by atoms with Gasteiger partial charge in [-0.05, 0) is 208 Å². The largest absolute Gasteiger partial charge is 0.212 e. The lowest BCUT2D eigenvalue weighted by Crippen LogP contribution is -2.30. The zero-order chi connectivity index (χ0) is 76.4. The molecule has 2 unspecified atom stereocenters.